The first-order chi connectivity index (χ1) is 16.8. The summed E-state index contributed by atoms with van der Waals surface area (Å²) in [6.45, 7) is 4.17. The van der Waals surface area contributed by atoms with E-state index in [0.29, 0.717) is 17.4 Å². The molecular weight excluding hydrogens is 468 g/mol. The summed E-state index contributed by atoms with van der Waals surface area (Å²) in [5, 5.41) is 3.89. The lowest BCUT2D eigenvalue weighted by Crippen LogP contribution is -2.36. The highest BCUT2D eigenvalue weighted by atomic mass is 32.2. The first-order valence-corrected chi connectivity index (χ1v) is 13.2. The van der Waals surface area contributed by atoms with Crippen LogP contribution in [-0.4, -0.2) is 55.2 Å². The first-order valence-electron chi connectivity index (χ1n) is 11.7. The Morgan fingerprint density at radius 2 is 1.80 bits per heavy atom. The van der Waals surface area contributed by atoms with Crippen LogP contribution in [0.4, 0.5) is 10.5 Å². The minimum absolute atomic E-state index is 0.0586. The zero-order chi connectivity index (χ0) is 25.0. The summed E-state index contributed by atoms with van der Waals surface area (Å²) in [6.07, 6.45) is 3.23. The van der Waals surface area contributed by atoms with Crippen LogP contribution in [0.2, 0.25) is 0 Å². The van der Waals surface area contributed by atoms with E-state index in [9.17, 15) is 13.2 Å². The van der Waals surface area contributed by atoms with Gasteiger partial charge in [0.05, 0.1) is 18.0 Å². The van der Waals surface area contributed by atoms with Gasteiger partial charge in [-0.3, -0.25) is 4.90 Å². The molecule has 35 heavy (non-hydrogen) atoms. The van der Waals surface area contributed by atoms with Gasteiger partial charge in [0.1, 0.15) is 6.10 Å². The third-order valence-corrected chi connectivity index (χ3v) is 7.84. The molecule has 0 aliphatic carbocycles. The van der Waals surface area contributed by atoms with Crippen LogP contribution in [0.5, 0.6) is 0 Å². The number of anilines is 1. The molecule has 0 spiro atoms. The largest absolute Gasteiger partial charge is 0.443 e. The Hall–Kier alpha value is -3.24. The van der Waals surface area contributed by atoms with Crippen LogP contribution >= 0.6 is 0 Å². The van der Waals surface area contributed by atoms with Crippen molar-refractivity contribution in [2.24, 2.45) is 0 Å². The molecule has 0 N–H and O–H groups in total. The van der Waals surface area contributed by atoms with Gasteiger partial charge >= 0.3 is 6.09 Å². The summed E-state index contributed by atoms with van der Waals surface area (Å²) < 4.78 is 37.8. The van der Waals surface area contributed by atoms with Crippen LogP contribution in [0.1, 0.15) is 37.6 Å². The molecule has 1 aliphatic heterocycles. The molecule has 0 saturated carbocycles. The number of cyclic esters (lactones) is 1. The monoisotopic (exact) mass is 498 g/mol. The normalized spacial score (nSPS) is 16.2. The fourth-order valence-corrected chi connectivity index (χ4v) is 5.21. The van der Waals surface area contributed by atoms with E-state index in [2.05, 4.69) is 17.1 Å². The van der Waals surface area contributed by atoms with E-state index < -0.39 is 22.2 Å². The maximum Gasteiger partial charge on any atom is 0.414 e. The molecule has 2 aromatic carbocycles. The topological polar surface area (TPSA) is 106 Å². The standard InChI is InChI=1S/C25H30N4O5S/c1-4-5-6-7-19-8-14-23(15-9-19)35(31,32)28(3)16-22-17-29(25(30)33-22)21-12-10-20(11-13-21)24-26-18(2)34-27-24/h8-15,22H,4-7,16-17H2,1-3H3. The lowest BCUT2D eigenvalue weighted by atomic mass is 10.1. The molecule has 3 aromatic rings. The number of sulfonamides is 1. The highest BCUT2D eigenvalue weighted by Crippen LogP contribution is 2.26. The Morgan fingerprint density at radius 3 is 2.43 bits per heavy atom. The van der Waals surface area contributed by atoms with Gasteiger partial charge < -0.3 is 9.26 Å². The number of amides is 1. The number of aryl methyl sites for hydroxylation is 2. The van der Waals surface area contributed by atoms with Gasteiger partial charge in [0.2, 0.25) is 21.7 Å². The average molecular weight is 499 g/mol. The van der Waals surface area contributed by atoms with Crippen molar-refractivity contribution in [3.63, 3.8) is 0 Å². The molecule has 186 valence electrons. The van der Waals surface area contributed by atoms with Gasteiger partial charge in [-0.1, -0.05) is 37.1 Å². The van der Waals surface area contributed by atoms with Crippen molar-refractivity contribution < 1.29 is 22.5 Å². The minimum atomic E-state index is -3.70. The third-order valence-electron chi connectivity index (χ3n) is 6.00. The molecule has 9 nitrogen and oxygen atoms in total. The van der Waals surface area contributed by atoms with E-state index in [0.717, 1.165) is 36.8 Å². The number of carbonyl (C=O) groups is 1. The highest BCUT2D eigenvalue weighted by molar-refractivity contribution is 7.89. The SMILES string of the molecule is CCCCCc1ccc(S(=O)(=O)N(C)CC2CN(c3ccc(-c4noc(C)n4)cc3)C(=O)O2)cc1. The van der Waals surface area contributed by atoms with Crippen molar-refractivity contribution >= 4 is 21.8 Å². The van der Waals surface area contributed by atoms with Crippen LogP contribution in [-0.2, 0) is 21.2 Å². The van der Waals surface area contributed by atoms with Crippen molar-refractivity contribution in [2.75, 3.05) is 25.0 Å². The van der Waals surface area contributed by atoms with Crippen molar-refractivity contribution in [1.29, 1.82) is 0 Å². The molecule has 2 heterocycles. The van der Waals surface area contributed by atoms with Crippen molar-refractivity contribution in [1.82, 2.24) is 14.4 Å². The fraction of sp³-hybridized carbons (Fsp3) is 0.400. The van der Waals surface area contributed by atoms with Crippen molar-refractivity contribution in [2.45, 2.75) is 50.5 Å². The van der Waals surface area contributed by atoms with E-state index in [1.807, 2.05) is 12.1 Å². The van der Waals surface area contributed by atoms with Gasteiger partial charge in [-0.15, -0.1) is 0 Å². The molecule has 1 aromatic heterocycles. The van der Waals surface area contributed by atoms with Crippen LogP contribution in [0.3, 0.4) is 0 Å². The first kappa shape index (κ1) is 24.9. The maximum atomic E-state index is 13.1. The summed E-state index contributed by atoms with van der Waals surface area (Å²) in [6, 6.07) is 14.2. The molecule has 1 aliphatic rings. The maximum absolute atomic E-state index is 13.1. The number of ether oxygens (including phenoxy) is 1. The molecule has 1 unspecified atom stereocenters. The molecular formula is C25H30N4O5S. The Morgan fingerprint density at radius 1 is 1.09 bits per heavy atom. The van der Waals surface area contributed by atoms with E-state index in [1.54, 1.807) is 43.3 Å². The van der Waals surface area contributed by atoms with E-state index in [4.69, 9.17) is 9.26 Å². The Kier molecular flexibility index (Phi) is 7.51. The number of unbranched alkanes of at least 4 members (excludes halogenated alkanes) is 2. The van der Waals surface area contributed by atoms with Crippen LogP contribution < -0.4 is 4.90 Å². The number of carbonyl (C=O) groups excluding carboxylic acids is 1. The molecule has 0 radical (unpaired) electrons. The van der Waals surface area contributed by atoms with Gasteiger partial charge in [-0.2, -0.15) is 9.29 Å². The van der Waals surface area contributed by atoms with E-state index in [-0.39, 0.29) is 18.0 Å². The molecule has 1 fully saturated rings. The molecule has 4 rings (SSSR count). The Bertz CT molecular complexity index is 1260. The highest BCUT2D eigenvalue weighted by Gasteiger charge is 2.35. The molecule has 1 atom stereocenters. The van der Waals surface area contributed by atoms with Gasteiger partial charge in [-0.25, -0.2) is 13.2 Å². The number of aromatic nitrogens is 2. The summed E-state index contributed by atoms with van der Waals surface area (Å²) in [4.78, 5) is 18.4. The van der Waals surface area contributed by atoms with Gasteiger partial charge in [0.25, 0.3) is 0 Å². The second kappa shape index (κ2) is 10.6. The van der Waals surface area contributed by atoms with Crippen LogP contribution in [0.15, 0.2) is 57.9 Å². The third kappa shape index (κ3) is 5.71. The Labute approximate surface area is 205 Å². The number of benzene rings is 2. The summed E-state index contributed by atoms with van der Waals surface area (Å²) in [7, 11) is -2.20. The fourth-order valence-electron chi connectivity index (χ4n) is 4.01. The summed E-state index contributed by atoms with van der Waals surface area (Å²) in [5.41, 5.74) is 2.53. The number of likely N-dealkylation sites (N-methyl/N-ethyl adjacent to an activating group) is 1. The second-order valence-corrected chi connectivity index (χ2v) is 10.7. The lowest BCUT2D eigenvalue weighted by molar-refractivity contribution is 0.131. The van der Waals surface area contributed by atoms with Crippen LogP contribution in [0.25, 0.3) is 11.4 Å². The van der Waals surface area contributed by atoms with Gasteiger partial charge in [0, 0.05) is 25.2 Å². The molecule has 0 bridgehead atoms. The number of hydrogen-bond donors (Lipinski definition) is 0. The average Bonchev–Trinajstić information content (AvgIpc) is 3.44. The van der Waals surface area contributed by atoms with E-state index >= 15 is 0 Å². The minimum Gasteiger partial charge on any atom is -0.443 e. The summed E-state index contributed by atoms with van der Waals surface area (Å²) >= 11 is 0. The summed E-state index contributed by atoms with van der Waals surface area (Å²) in [5.74, 6) is 0.939. The smallest absolute Gasteiger partial charge is 0.414 e. The molecule has 1 amide bonds. The predicted octanol–water partition coefficient (Wildman–Crippen LogP) is 4.42. The quantitative estimate of drug-likeness (QED) is 0.381. The van der Waals surface area contributed by atoms with Crippen LogP contribution in [0, 0.1) is 6.92 Å². The van der Waals surface area contributed by atoms with Crippen molar-refractivity contribution in [3.8, 4) is 11.4 Å². The number of nitrogens with zero attached hydrogens (tertiary/aromatic N) is 4. The molecule has 10 heteroatoms. The van der Waals surface area contributed by atoms with Gasteiger partial charge in [-0.05, 0) is 54.8 Å². The lowest BCUT2D eigenvalue weighted by Gasteiger charge is -2.20. The predicted molar refractivity (Wildman–Crippen MR) is 132 cm³/mol. The van der Waals surface area contributed by atoms with Crippen molar-refractivity contribution in [3.05, 3.63) is 60.0 Å². The molecule has 1 saturated heterocycles. The number of hydrogen-bond acceptors (Lipinski definition) is 7. The number of rotatable bonds is 10. The zero-order valence-corrected chi connectivity index (χ0v) is 21.0. The van der Waals surface area contributed by atoms with Gasteiger partial charge in [0.15, 0.2) is 0 Å². The zero-order valence-electron chi connectivity index (χ0n) is 20.2. The Balaban J connectivity index is 1.37. The van der Waals surface area contributed by atoms with E-state index in [1.165, 1.54) is 16.3 Å². The second-order valence-electron chi connectivity index (χ2n) is 8.69.